The summed E-state index contributed by atoms with van der Waals surface area (Å²) in [5, 5.41) is 3.03. The molecule has 1 saturated heterocycles. The number of aromatic nitrogens is 1. The molecule has 1 atom stereocenters. The minimum atomic E-state index is -0.348. The van der Waals surface area contributed by atoms with Crippen LogP contribution in [0.1, 0.15) is 42.6 Å². The number of nitrogens with zero attached hydrogens (tertiary/aromatic N) is 1. The highest BCUT2D eigenvalue weighted by molar-refractivity contribution is 5.96. The molecule has 5 nitrogen and oxygen atoms in total. The van der Waals surface area contributed by atoms with Gasteiger partial charge in [0.1, 0.15) is 18.0 Å². The van der Waals surface area contributed by atoms with Crippen LogP contribution in [-0.2, 0) is 11.3 Å². The predicted octanol–water partition coefficient (Wildman–Crippen LogP) is 3.49. The molecular formula is C20H23FN2O3. The molecule has 0 unspecified atom stereocenters. The Kier molecular flexibility index (Phi) is 5.52. The lowest BCUT2D eigenvalue weighted by molar-refractivity contribution is -0.0615. The monoisotopic (exact) mass is 358 g/mol. The SMILES string of the molecule is CC1(C)C[C@@H](NC(=O)c2cccnc2OCc2ccccc2F)CCO1. The summed E-state index contributed by atoms with van der Waals surface area (Å²) >= 11 is 0. The number of rotatable bonds is 5. The predicted molar refractivity (Wildman–Crippen MR) is 95.5 cm³/mol. The van der Waals surface area contributed by atoms with E-state index in [9.17, 15) is 9.18 Å². The molecule has 0 radical (unpaired) electrons. The van der Waals surface area contributed by atoms with E-state index < -0.39 is 0 Å². The number of benzene rings is 1. The van der Waals surface area contributed by atoms with E-state index in [4.69, 9.17) is 9.47 Å². The maximum Gasteiger partial charge on any atom is 0.256 e. The lowest BCUT2D eigenvalue weighted by atomic mass is 9.94. The Hall–Kier alpha value is -2.47. The second-order valence-corrected chi connectivity index (χ2v) is 7.01. The third kappa shape index (κ3) is 4.58. The molecule has 6 heteroatoms. The van der Waals surface area contributed by atoms with Gasteiger partial charge in [-0.25, -0.2) is 9.37 Å². The van der Waals surface area contributed by atoms with Crippen LogP contribution >= 0.6 is 0 Å². The molecule has 2 aromatic rings. The Morgan fingerprint density at radius 3 is 2.92 bits per heavy atom. The van der Waals surface area contributed by atoms with Gasteiger partial charge in [0.05, 0.1) is 5.60 Å². The second kappa shape index (κ2) is 7.83. The van der Waals surface area contributed by atoms with Crippen LogP contribution in [0, 0.1) is 5.82 Å². The molecule has 1 aliphatic rings. The van der Waals surface area contributed by atoms with Gasteiger partial charge in [0.15, 0.2) is 0 Å². The van der Waals surface area contributed by atoms with Gasteiger partial charge in [0.2, 0.25) is 5.88 Å². The number of nitrogens with one attached hydrogen (secondary N) is 1. The number of carbonyl (C=O) groups is 1. The first-order valence-corrected chi connectivity index (χ1v) is 8.71. The Morgan fingerprint density at radius 1 is 1.35 bits per heavy atom. The van der Waals surface area contributed by atoms with E-state index >= 15 is 0 Å². The van der Waals surface area contributed by atoms with Gasteiger partial charge in [-0.05, 0) is 44.9 Å². The molecule has 3 rings (SSSR count). The minimum absolute atomic E-state index is 0.00820. The second-order valence-electron chi connectivity index (χ2n) is 7.01. The summed E-state index contributed by atoms with van der Waals surface area (Å²) < 4.78 is 25.0. The van der Waals surface area contributed by atoms with Crippen LogP contribution in [0.25, 0.3) is 0 Å². The van der Waals surface area contributed by atoms with Crippen molar-refractivity contribution >= 4 is 5.91 Å². The Labute approximate surface area is 152 Å². The molecule has 0 bridgehead atoms. The van der Waals surface area contributed by atoms with Gasteiger partial charge in [-0.2, -0.15) is 0 Å². The lowest BCUT2D eigenvalue weighted by Crippen LogP contribution is -2.45. The molecule has 2 heterocycles. The zero-order valence-electron chi connectivity index (χ0n) is 15.0. The van der Waals surface area contributed by atoms with E-state index in [0.29, 0.717) is 17.7 Å². The molecule has 1 fully saturated rings. The first-order valence-electron chi connectivity index (χ1n) is 8.71. The summed E-state index contributed by atoms with van der Waals surface area (Å²) in [6.07, 6.45) is 3.05. The number of halogens is 1. The maximum atomic E-state index is 13.7. The van der Waals surface area contributed by atoms with E-state index in [1.54, 1.807) is 36.5 Å². The Balaban J connectivity index is 1.68. The van der Waals surface area contributed by atoms with E-state index in [0.717, 1.165) is 12.8 Å². The van der Waals surface area contributed by atoms with Crippen molar-refractivity contribution in [2.75, 3.05) is 6.61 Å². The molecule has 0 aliphatic carbocycles. The summed E-state index contributed by atoms with van der Waals surface area (Å²) in [6, 6.07) is 9.74. The van der Waals surface area contributed by atoms with Crippen LogP contribution in [0.2, 0.25) is 0 Å². The molecular weight excluding hydrogens is 335 g/mol. The van der Waals surface area contributed by atoms with Crippen molar-refractivity contribution in [2.45, 2.75) is 44.9 Å². The van der Waals surface area contributed by atoms with Crippen molar-refractivity contribution in [3.05, 3.63) is 59.5 Å². The first-order chi connectivity index (χ1) is 12.4. The third-order valence-electron chi connectivity index (χ3n) is 4.37. The molecule has 0 spiro atoms. The lowest BCUT2D eigenvalue weighted by Gasteiger charge is -2.35. The van der Waals surface area contributed by atoms with Crippen LogP contribution in [-0.4, -0.2) is 29.1 Å². The van der Waals surface area contributed by atoms with Crippen LogP contribution in [0.15, 0.2) is 42.6 Å². The molecule has 1 aliphatic heterocycles. The van der Waals surface area contributed by atoms with Gasteiger partial charge in [0.25, 0.3) is 5.91 Å². The van der Waals surface area contributed by atoms with Gasteiger partial charge in [-0.3, -0.25) is 4.79 Å². The molecule has 138 valence electrons. The van der Waals surface area contributed by atoms with Crippen LogP contribution in [0.4, 0.5) is 4.39 Å². The molecule has 26 heavy (non-hydrogen) atoms. The third-order valence-corrected chi connectivity index (χ3v) is 4.37. The van der Waals surface area contributed by atoms with E-state index in [2.05, 4.69) is 10.3 Å². The quantitative estimate of drug-likeness (QED) is 0.889. The fourth-order valence-corrected chi connectivity index (χ4v) is 3.06. The number of hydrogen-bond donors (Lipinski definition) is 1. The summed E-state index contributed by atoms with van der Waals surface area (Å²) in [5.41, 5.74) is 0.499. The Morgan fingerprint density at radius 2 is 2.15 bits per heavy atom. The summed E-state index contributed by atoms with van der Waals surface area (Å²) in [7, 11) is 0. The highest BCUT2D eigenvalue weighted by Gasteiger charge is 2.30. The van der Waals surface area contributed by atoms with E-state index in [1.807, 2.05) is 13.8 Å². The number of ether oxygens (including phenoxy) is 2. The standard InChI is InChI=1S/C20H23FN2O3/c1-20(2)12-15(9-11-26-20)23-18(24)16-7-5-10-22-19(16)25-13-14-6-3-4-8-17(14)21/h3-8,10,15H,9,11-13H2,1-2H3,(H,23,24)/t15-/m0/s1. The van der Waals surface area contributed by atoms with Crippen LogP contribution in [0.5, 0.6) is 5.88 Å². The van der Waals surface area contributed by atoms with Gasteiger partial charge >= 0.3 is 0 Å². The van der Waals surface area contributed by atoms with Crippen molar-refractivity contribution in [1.82, 2.24) is 10.3 Å². The van der Waals surface area contributed by atoms with E-state index in [1.165, 1.54) is 6.07 Å². The zero-order chi connectivity index (χ0) is 18.6. The van der Waals surface area contributed by atoms with Gasteiger partial charge in [-0.15, -0.1) is 0 Å². The number of amides is 1. The Bertz CT molecular complexity index is 779. The summed E-state index contributed by atoms with van der Waals surface area (Å²) in [5.74, 6) is -0.400. The molecule has 1 aromatic carbocycles. The highest BCUT2D eigenvalue weighted by Crippen LogP contribution is 2.25. The smallest absolute Gasteiger partial charge is 0.256 e. The van der Waals surface area contributed by atoms with Crippen molar-refractivity contribution in [1.29, 1.82) is 0 Å². The molecule has 1 aromatic heterocycles. The first kappa shape index (κ1) is 18.3. The average Bonchev–Trinajstić information content (AvgIpc) is 2.60. The largest absolute Gasteiger partial charge is 0.472 e. The zero-order valence-corrected chi connectivity index (χ0v) is 15.0. The summed E-state index contributed by atoms with van der Waals surface area (Å²) in [4.78, 5) is 16.8. The van der Waals surface area contributed by atoms with Crippen molar-refractivity contribution in [3.8, 4) is 5.88 Å². The van der Waals surface area contributed by atoms with Crippen molar-refractivity contribution in [2.24, 2.45) is 0 Å². The normalized spacial score (nSPS) is 19.0. The minimum Gasteiger partial charge on any atom is -0.472 e. The van der Waals surface area contributed by atoms with Gasteiger partial charge < -0.3 is 14.8 Å². The summed E-state index contributed by atoms with van der Waals surface area (Å²) in [6.45, 7) is 4.65. The average molecular weight is 358 g/mol. The molecule has 0 saturated carbocycles. The van der Waals surface area contributed by atoms with Crippen molar-refractivity contribution in [3.63, 3.8) is 0 Å². The molecule has 1 N–H and O–H groups in total. The van der Waals surface area contributed by atoms with Gasteiger partial charge in [-0.1, -0.05) is 18.2 Å². The number of hydrogen-bond acceptors (Lipinski definition) is 4. The van der Waals surface area contributed by atoms with E-state index in [-0.39, 0.29) is 35.9 Å². The number of carbonyl (C=O) groups excluding carboxylic acids is 1. The highest BCUT2D eigenvalue weighted by atomic mass is 19.1. The topological polar surface area (TPSA) is 60.5 Å². The fourth-order valence-electron chi connectivity index (χ4n) is 3.06. The molecule has 1 amide bonds. The van der Waals surface area contributed by atoms with Crippen molar-refractivity contribution < 1.29 is 18.7 Å². The number of pyridine rings is 1. The fraction of sp³-hybridized carbons (Fsp3) is 0.400. The van der Waals surface area contributed by atoms with Crippen LogP contribution < -0.4 is 10.1 Å². The van der Waals surface area contributed by atoms with Crippen LogP contribution in [0.3, 0.4) is 0 Å². The maximum absolute atomic E-state index is 13.7. The van der Waals surface area contributed by atoms with Gasteiger partial charge in [0, 0.05) is 24.4 Å².